The number of aromatic hydroxyl groups is 1. The SMILES string of the molecule is CC(C)(CCCN1CCn2nc(-c3ccncc3)c(-c3ccc(O)cc3)c2C1=O)[Si](C)(C)O. The van der Waals surface area contributed by atoms with Crippen LogP contribution in [0.2, 0.25) is 18.1 Å². The molecule has 3 heterocycles. The van der Waals surface area contributed by atoms with Crippen LogP contribution in [0.1, 0.15) is 37.2 Å². The number of hydrogen-bond acceptors (Lipinski definition) is 5. The van der Waals surface area contributed by atoms with Gasteiger partial charge in [-0.1, -0.05) is 26.0 Å². The molecule has 2 N–H and O–H groups in total. The molecule has 3 aromatic rings. The van der Waals surface area contributed by atoms with Gasteiger partial charge in [-0.2, -0.15) is 5.10 Å². The van der Waals surface area contributed by atoms with E-state index in [0.717, 1.165) is 35.2 Å². The zero-order valence-corrected chi connectivity index (χ0v) is 20.7. The molecule has 0 atom stereocenters. The first-order valence-corrected chi connectivity index (χ1v) is 14.4. The molecule has 174 valence electrons. The molecule has 1 amide bonds. The third kappa shape index (κ3) is 4.58. The van der Waals surface area contributed by atoms with Crippen LogP contribution in [0.15, 0.2) is 48.8 Å². The third-order valence-electron chi connectivity index (χ3n) is 7.02. The van der Waals surface area contributed by atoms with Gasteiger partial charge in [0, 0.05) is 36.6 Å². The summed E-state index contributed by atoms with van der Waals surface area (Å²) in [6, 6.07) is 10.7. The van der Waals surface area contributed by atoms with Gasteiger partial charge in [-0.25, -0.2) is 0 Å². The van der Waals surface area contributed by atoms with Crippen LogP contribution in [0.5, 0.6) is 5.75 Å². The molecule has 0 spiro atoms. The summed E-state index contributed by atoms with van der Waals surface area (Å²) in [6.07, 6.45) is 5.15. The molecule has 2 aromatic heterocycles. The topological polar surface area (TPSA) is 91.5 Å². The first-order valence-electron chi connectivity index (χ1n) is 11.4. The van der Waals surface area contributed by atoms with Gasteiger partial charge >= 0.3 is 0 Å². The van der Waals surface area contributed by atoms with Gasteiger partial charge in [0.1, 0.15) is 17.1 Å². The fourth-order valence-corrected chi connectivity index (χ4v) is 4.94. The predicted molar refractivity (Wildman–Crippen MR) is 131 cm³/mol. The Morgan fingerprint density at radius 2 is 1.70 bits per heavy atom. The van der Waals surface area contributed by atoms with Gasteiger partial charge in [0.15, 0.2) is 8.32 Å². The molecular formula is C25H32N4O3Si. The fraction of sp³-hybridized carbons (Fsp3) is 0.400. The summed E-state index contributed by atoms with van der Waals surface area (Å²) in [5, 5.41) is 14.5. The smallest absolute Gasteiger partial charge is 0.272 e. The third-order valence-corrected chi connectivity index (χ3v) is 10.6. The second-order valence-corrected chi connectivity index (χ2v) is 14.4. The fourth-order valence-electron chi connectivity index (χ4n) is 4.15. The molecule has 0 saturated carbocycles. The Kier molecular flexibility index (Phi) is 6.15. The first kappa shape index (κ1) is 23.2. The Hall–Kier alpha value is -2.97. The van der Waals surface area contributed by atoms with Crippen LogP contribution >= 0.6 is 0 Å². The minimum Gasteiger partial charge on any atom is -0.508 e. The number of hydrogen-bond donors (Lipinski definition) is 2. The van der Waals surface area contributed by atoms with Crippen molar-refractivity contribution in [2.24, 2.45) is 0 Å². The second kappa shape index (κ2) is 8.76. The highest BCUT2D eigenvalue weighted by atomic mass is 28.4. The van der Waals surface area contributed by atoms with Gasteiger partial charge in [-0.3, -0.25) is 14.5 Å². The molecule has 0 radical (unpaired) electrons. The number of phenols is 1. The molecule has 0 bridgehead atoms. The van der Waals surface area contributed by atoms with Crippen molar-refractivity contribution in [2.75, 3.05) is 13.1 Å². The zero-order valence-electron chi connectivity index (χ0n) is 19.7. The number of amides is 1. The lowest BCUT2D eigenvalue weighted by molar-refractivity contribution is 0.0694. The molecule has 33 heavy (non-hydrogen) atoms. The Balaban J connectivity index is 1.66. The molecule has 1 aliphatic heterocycles. The van der Waals surface area contributed by atoms with E-state index in [1.54, 1.807) is 24.5 Å². The van der Waals surface area contributed by atoms with Crippen molar-refractivity contribution in [3.05, 3.63) is 54.5 Å². The zero-order chi connectivity index (χ0) is 23.8. The molecule has 0 aliphatic carbocycles. The molecule has 4 rings (SSSR count). The highest BCUT2D eigenvalue weighted by molar-refractivity contribution is 6.72. The Morgan fingerprint density at radius 1 is 1.03 bits per heavy atom. The number of aromatic nitrogens is 3. The van der Waals surface area contributed by atoms with Gasteiger partial charge in [0.25, 0.3) is 5.91 Å². The van der Waals surface area contributed by atoms with E-state index in [9.17, 15) is 14.7 Å². The highest BCUT2D eigenvalue weighted by Crippen LogP contribution is 2.40. The van der Waals surface area contributed by atoms with Crippen LogP contribution in [-0.4, -0.2) is 56.9 Å². The van der Waals surface area contributed by atoms with Crippen molar-refractivity contribution in [2.45, 2.75) is 51.4 Å². The molecule has 1 aromatic carbocycles. The van der Waals surface area contributed by atoms with Gasteiger partial charge < -0.3 is 14.8 Å². The number of pyridine rings is 1. The molecule has 0 unspecified atom stereocenters. The number of nitrogens with zero attached hydrogens (tertiary/aromatic N) is 4. The lowest BCUT2D eigenvalue weighted by atomic mass is 9.98. The summed E-state index contributed by atoms with van der Waals surface area (Å²) in [5.74, 6) is 0.145. The van der Waals surface area contributed by atoms with Crippen molar-refractivity contribution in [1.29, 1.82) is 0 Å². The Morgan fingerprint density at radius 3 is 2.33 bits per heavy atom. The van der Waals surface area contributed by atoms with Crippen molar-refractivity contribution in [1.82, 2.24) is 19.7 Å². The molecule has 8 heteroatoms. The lowest BCUT2D eigenvalue weighted by Gasteiger charge is -2.36. The maximum Gasteiger partial charge on any atom is 0.272 e. The number of rotatable bonds is 7. The monoisotopic (exact) mass is 464 g/mol. The number of benzene rings is 1. The average Bonchev–Trinajstić information content (AvgIpc) is 3.16. The number of carbonyl (C=O) groups excluding carboxylic acids is 1. The average molecular weight is 465 g/mol. The second-order valence-electron chi connectivity index (χ2n) is 9.92. The van der Waals surface area contributed by atoms with E-state index in [4.69, 9.17) is 5.10 Å². The van der Waals surface area contributed by atoms with E-state index in [1.807, 2.05) is 46.9 Å². The minimum absolute atomic E-state index is 0.0320. The maximum atomic E-state index is 13.6. The Labute approximate surface area is 195 Å². The van der Waals surface area contributed by atoms with Crippen LogP contribution in [0.25, 0.3) is 22.4 Å². The summed E-state index contributed by atoms with van der Waals surface area (Å²) >= 11 is 0. The molecule has 0 fully saturated rings. The van der Waals surface area contributed by atoms with Gasteiger partial charge in [0.05, 0.1) is 6.54 Å². The van der Waals surface area contributed by atoms with E-state index in [2.05, 4.69) is 18.8 Å². The number of phenolic OH excluding ortho intramolecular Hbond substituents is 1. The van der Waals surface area contributed by atoms with Crippen molar-refractivity contribution >= 4 is 14.2 Å². The van der Waals surface area contributed by atoms with Crippen molar-refractivity contribution < 1.29 is 14.7 Å². The normalized spacial score (nSPS) is 14.5. The summed E-state index contributed by atoms with van der Waals surface area (Å²) in [6.45, 7) is 10.1. The van der Waals surface area contributed by atoms with Gasteiger partial charge in [-0.15, -0.1) is 0 Å². The Bertz CT molecular complexity index is 1130. The first-order chi connectivity index (χ1) is 15.6. The molecule has 1 aliphatic rings. The minimum atomic E-state index is -2.28. The van der Waals surface area contributed by atoms with E-state index >= 15 is 0 Å². The quantitative estimate of drug-likeness (QED) is 0.501. The van der Waals surface area contributed by atoms with E-state index in [0.29, 0.717) is 25.3 Å². The van der Waals surface area contributed by atoms with Crippen molar-refractivity contribution in [3.8, 4) is 28.1 Å². The predicted octanol–water partition coefficient (Wildman–Crippen LogP) is 4.53. The standard InChI is InChI=1S/C25H32N4O3Si/c1-25(2,33(3,4)32)12-5-15-28-16-17-29-23(24(28)31)21(18-6-8-20(30)9-7-18)22(27-29)19-10-13-26-14-11-19/h6-11,13-14,30,32H,5,12,15-17H2,1-4H3. The molecule has 7 nitrogen and oxygen atoms in total. The summed E-state index contributed by atoms with van der Waals surface area (Å²) in [4.78, 5) is 30.2. The van der Waals surface area contributed by atoms with Crippen LogP contribution in [0.4, 0.5) is 0 Å². The van der Waals surface area contributed by atoms with Crippen LogP contribution in [0.3, 0.4) is 0 Å². The van der Waals surface area contributed by atoms with Crippen LogP contribution < -0.4 is 0 Å². The summed E-state index contributed by atoms with van der Waals surface area (Å²) < 4.78 is 1.81. The number of carbonyl (C=O) groups is 1. The van der Waals surface area contributed by atoms with E-state index in [1.165, 1.54) is 0 Å². The van der Waals surface area contributed by atoms with Gasteiger partial charge in [0.2, 0.25) is 0 Å². The maximum absolute atomic E-state index is 13.6. The van der Waals surface area contributed by atoms with Crippen LogP contribution in [-0.2, 0) is 6.54 Å². The summed E-state index contributed by atoms with van der Waals surface area (Å²) in [5.41, 5.74) is 3.83. The largest absolute Gasteiger partial charge is 0.508 e. The van der Waals surface area contributed by atoms with Crippen LogP contribution in [0, 0.1) is 0 Å². The molecular weight excluding hydrogens is 432 g/mol. The lowest BCUT2D eigenvalue weighted by Crippen LogP contribution is -2.42. The van der Waals surface area contributed by atoms with E-state index in [-0.39, 0.29) is 16.7 Å². The molecule has 0 saturated heterocycles. The number of fused-ring (bicyclic) bond motifs is 1. The van der Waals surface area contributed by atoms with E-state index < -0.39 is 8.32 Å². The highest BCUT2D eigenvalue weighted by Gasteiger charge is 2.38. The van der Waals surface area contributed by atoms with Gasteiger partial charge in [-0.05, 0) is 60.8 Å². The van der Waals surface area contributed by atoms with Crippen molar-refractivity contribution in [3.63, 3.8) is 0 Å². The summed E-state index contributed by atoms with van der Waals surface area (Å²) in [7, 11) is -2.28.